The molecular formula is C42H28N2S. The van der Waals surface area contributed by atoms with Crippen molar-refractivity contribution in [2.45, 2.75) is 0 Å². The third kappa shape index (κ3) is 4.24. The van der Waals surface area contributed by atoms with Gasteiger partial charge < -0.3 is 9.47 Å². The SMILES string of the molecule is c1ccc(N(c2ccc(-c3cccc4c5ccccc5n(-c5ccccc5)c34)cc2)c2ccc3c(c2)sc2ccccc23)cc1. The fourth-order valence-corrected chi connectivity index (χ4v) is 7.90. The van der Waals surface area contributed by atoms with Gasteiger partial charge in [-0.2, -0.15) is 0 Å². The summed E-state index contributed by atoms with van der Waals surface area (Å²) in [5.74, 6) is 0. The summed E-state index contributed by atoms with van der Waals surface area (Å²) < 4.78 is 5.03. The summed E-state index contributed by atoms with van der Waals surface area (Å²) in [6, 6.07) is 61.3. The second-order valence-electron chi connectivity index (χ2n) is 11.4. The van der Waals surface area contributed by atoms with Gasteiger partial charge in [-0.1, -0.05) is 109 Å². The number of thiophene rings is 1. The van der Waals surface area contributed by atoms with Crippen molar-refractivity contribution in [3.05, 3.63) is 170 Å². The molecule has 9 rings (SSSR count). The first-order chi connectivity index (χ1) is 22.3. The van der Waals surface area contributed by atoms with Crippen LogP contribution in [0.5, 0.6) is 0 Å². The fraction of sp³-hybridized carbons (Fsp3) is 0. The Balaban J connectivity index is 1.20. The van der Waals surface area contributed by atoms with Crippen molar-refractivity contribution in [3.63, 3.8) is 0 Å². The molecule has 0 fully saturated rings. The molecule has 0 aliphatic heterocycles. The third-order valence-electron chi connectivity index (χ3n) is 8.78. The zero-order chi connectivity index (χ0) is 29.7. The zero-order valence-corrected chi connectivity index (χ0v) is 25.3. The maximum absolute atomic E-state index is 2.41. The van der Waals surface area contributed by atoms with Gasteiger partial charge in [-0.05, 0) is 66.2 Å². The van der Waals surface area contributed by atoms with Crippen molar-refractivity contribution >= 4 is 70.4 Å². The smallest absolute Gasteiger partial charge is 0.0619 e. The maximum atomic E-state index is 2.41. The van der Waals surface area contributed by atoms with Crippen LogP contribution in [-0.2, 0) is 0 Å². The van der Waals surface area contributed by atoms with Crippen molar-refractivity contribution < 1.29 is 0 Å². The number of nitrogens with zero attached hydrogens (tertiary/aromatic N) is 2. The molecule has 0 atom stereocenters. The molecule has 3 heteroatoms. The van der Waals surface area contributed by atoms with E-state index >= 15 is 0 Å². The van der Waals surface area contributed by atoms with Crippen LogP contribution >= 0.6 is 11.3 Å². The lowest BCUT2D eigenvalue weighted by Crippen LogP contribution is -2.09. The molecule has 0 aliphatic rings. The number of para-hydroxylation sites is 4. The molecule has 2 heterocycles. The lowest BCUT2D eigenvalue weighted by molar-refractivity contribution is 1.18. The Morgan fingerprint density at radius 2 is 1.04 bits per heavy atom. The summed E-state index contributed by atoms with van der Waals surface area (Å²) in [7, 11) is 0. The van der Waals surface area contributed by atoms with Gasteiger partial charge in [-0.3, -0.25) is 0 Å². The number of hydrogen-bond acceptors (Lipinski definition) is 2. The van der Waals surface area contributed by atoms with E-state index < -0.39 is 0 Å². The van der Waals surface area contributed by atoms with Crippen molar-refractivity contribution in [2.24, 2.45) is 0 Å². The molecule has 0 bridgehead atoms. The Labute approximate surface area is 265 Å². The van der Waals surface area contributed by atoms with Gasteiger partial charge in [-0.25, -0.2) is 0 Å². The number of hydrogen-bond donors (Lipinski definition) is 0. The number of aromatic nitrogens is 1. The molecule has 212 valence electrons. The minimum Gasteiger partial charge on any atom is -0.310 e. The van der Waals surface area contributed by atoms with E-state index in [4.69, 9.17) is 0 Å². The summed E-state index contributed by atoms with van der Waals surface area (Å²) in [4.78, 5) is 2.36. The van der Waals surface area contributed by atoms with Crippen LogP contribution in [0, 0.1) is 0 Å². The van der Waals surface area contributed by atoms with E-state index in [2.05, 4.69) is 179 Å². The Morgan fingerprint density at radius 1 is 0.422 bits per heavy atom. The Morgan fingerprint density at radius 3 is 1.87 bits per heavy atom. The summed E-state index contributed by atoms with van der Waals surface area (Å²) in [6.45, 7) is 0. The number of anilines is 3. The van der Waals surface area contributed by atoms with Crippen LogP contribution < -0.4 is 4.90 Å². The molecule has 2 aromatic heterocycles. The van der Waals surface area contributed by atoms with Gasteiger partial charge in [0, 0.05) is 59.3 Å². The Kier molecular flexibility index (Phi) is 6.03. The molecule has 45 heavy (non-hydrogen) atoms. The molecule has 9 aromatic rings. The first-order valence-corrected chi connectivity index (χ1v) is 16.1. The molecular weight excluding hydrogens is 565 g/mol. The van der Waals surface area contributed by atoms with Gasteiger partial charge in [0.15, 0.2) is 0 Å². The molecule has 0 unspecified atom stereocenters. The van der Waals surface area contributed by atoms with Gasteiger partial charge >= 0.3 is 0 Å². The van der Waals surface area contributed by atoms with Gasteiger partial charge in [-0.15, -0.1) is 11.3 Å². The topological polar surface area (TPSA) is 8.17 Å². The number of fused-ring (bicyclic) bond motifs is 6. The minimum absolute atomic E-state index is 1.13. The first kappa shape index (κ1) is 25.8. The number of rotatable bonds is 5. The lowest BCUT2D eigenvalue weighted by atomic mass is 10.0. The van der Waals surface area contributed by atoms with E-state index in [9.17, 15) is 0 Å². The average Bonchev–Trinajstić information content (AvgIpc) is 3.65. The fourth-order valence-electron chi connectivity index (χ4n) is 6.76. The van der Waals surface area contributed by atoms with Gasteiger partial charge in [0.25, 0.3) is 0 Å². The predicted octanol–water partition coefficient (Wildman–Crippen LogP) is 12.3. The van der Waals surface area contributed by atoms with E-state index in [0.717, 1.165) is 17.1 Å². The highest BCUT2D eigenvalue weighted by Gasteiger charge is 2.18. The summed E-state index contributed by atoms with van der Waals surface area (Å²) >= 11 is 1.86. The summed E-state index contributed by atoms with van der Waals surface area (Å²) in [6.07, 6.45) is 0. The maximum Gasteiger partial charge on any atom is 0.0619 e. The zero-order valence-electron chi connectivity index (χ0n) is 24.5. The lowest BCUT2D eigenvalue weighted by Gasteiger charge is -2.26. The normalized spacial score (nSPS) is 11.6. The Hall–Kier alpha value is -5.64. The molecule has 0 saturated carbocycles. The highest BCUT2D eigenvalue weighted by molar-refractivity contribution is 7.25. The largest absolute Gasteiger partial charge is 0.310 e. The van der Waals surface area contributed by atoms with E-state index in [1.807, 2.05) is 11.3 Å². The first-order valence-electron chi connectivity index (χ1n) is 15.3. The van der Waals surface area contributed by atoms with Crippen molar-refractivity contribution in [2.75, 3.05) is 4.90 Å². The average molecular weight is 593 g/mol. The standard InChI is InChI=1S/C42H28N2S/c1-3-12-30(13-4-1)43(33-26-27-37-36-17-8-10-21-40(36)45-41(37)28-33)32-24-22-29(23-25-32)34-18-11-19-38-35-16-7-9-20-39(35)44(42(34)38)31-14-5-2-6-15-31/h1-28H. The van der Waals surface area contributed by atoms with Crippen molar-refractivity contribution in [1.29, 1.82) is 0 Å². The molecule has 0 spiro atoms. The molecule has 0 radical (unpaired) electrons. The van der Waals surface area contributed by atoms with Crippen LogP contribution in [0.4, 0.5) is 17.1 Å². The van der Waals surface area contributed by atoms with E-state index in [0.29, 0.717) is 0 Å². The minimum atomic E-state index is 1.13. The van der Waals surface area contributed by atoms with Crippen molar-refractivity contribution in [1.82, 2.24) is 4.57 Å². The molecule has 2 nitrogen and oxygen atoms in total. The monoisotopic (exact) mass is 592 g/mol. The van der Waals surface area contributed by atoms with Crippen LogP contribution in [0.1, 0.15) is 0 Å². The highest BCUT2D eigenvalue weighted by atomic mass is 32.1. The van der Waals surface area contributed by atoms with Gasteiger partial charge in [0.2, 0.25) is 0 Å². The van der Waals surface area contributed by atoms with Crippen LogP contribution in [0.3, 0.4) is 0 Å². The predicted molar refractivity (Wildman–Crippen MR) is 194 cm³/mol. The molecule has 0 amide bonds. The van der Waals surface area contributed by atoms with Crippen LogP contribution in [0.25, 0.3) is 58.8 Å². The summed E-state index contributed by atoms with van der Waals surface area (Å²) in [5, 5.41) is 5.16. The van der Waals surface area contributed by atoms with Crippen LogP contribution in [0.15, 0.2) is 170 Å². The van der Waals surface area contributed by atoms with Gasteiger partial charge in [0.05, 0.1) is 11.0 Å². The van der Waals surface area contributed by atoms with E-state index in [-0.39, 0.29) is 0 Å². The van der Waals surface area contributed by atoms with Crippen LogP contribution in [-0.4, -0.2) is 4.57 Å². The highest BCUT2D eigenvalue weighted by Crippen LogP contribution is 2.42. The molecule has 0 aliphatic carbocycles. The number of benzene rings is 7. The molecule has 0 N–H and O–H groups in total. The van der Waals surface area contributed by atoms with Gasteiger partial charge in [0.1, 0.15) is 0 Å². The summed E-state index contributed by atoms with van der Waals surface area (Å²) in [5.41, 5.74) is 9.44. The third-order valence-corrected chi connectivity index (χ3v) is 9.91. The Bertz CT molecular complexity index is 2470. The second-order valence-corrected chi connectivity index (χ2v) is 12.5. The van der Waals surface area contributed by atoms with E-state index in [1.165, 1.54) is 58.8 Å². The second kappa shape index (κ2) is 10.5. The molecule has 0 saturated heterocycles. The van der Waals surface area contributed by atoms with Crippen molar-refractivity contribution in [3.8, 4) is 16.8 Å². The van der Waals surface area contributed by atoms with Crippen LogP contribution in [0.2, 0.25) is 0 Å². The van der Waals surface area contributed by atoms with E-state index in [1.54, 1.807) is 0 Å². The molecule has 7 aromatic carbocycles. The quantitative estimate of drug-likeness (QED) is 0.193.